The van der Waals surface area contributed by atoms with E-state index in [9.17, 15) is 9.59 Å². The minimum atomic E-state index is -0.168. The van der Waals surface area contributed by atoms with E-state index < -0.39 is 0 Å². The lowest BCUT2D eigenvalue weighted by molar-refractivity contribution is -0.123. The highest BCUT2D eigenvalue weighted by Gasteiger charge is 2.09. The summed E-state index contributed by atoms with van der Waals surface area (Å²) in [5, 5.41) is 5.74. The number of carbonyl (C=O) groups excluding carboxylic acids is 2. The van der Waals surface area contributed by atoms with Crippen LogP contribution in [-0.2, 0) is 4.79 Å². The van der Waals surface area contributed by atoms with Crippen LogP contribution < -0.4 is 15.4 Å². The fourth-order valence-electron chi connectivity index (χ4n) is 2.34. The van der Waals surface area contributed by atoms with Gasteiger partial charge in [0, 0.05) is 17.3 Å². The van der Waals surface area contributed by atoms with Gasteiger partial charge in [-0.1, -0.05) is 32.0 Å². The molecule has 2 N–H and O–H groups in total. The third kappa shape index (κ3) is 5.95. The van der Waals surface area contributed by atoms with Crippen LogP contribution in [0.1, 0.15) is 37.0 Å². The summed E-state index contributed by atoms with van der Waals surface area (Å²) in [4.78, 5) is 23.9. The van der Waals surface area contributed by atoms with Gasteiger partial charge in [0.2, 0.25) is 0 Å². The molecule has 0 saturated heterocycles. The van der Waals surface area contributed by atoms with Crippen LogP contribution in [0.25, 0.3) is 0 Å². The first-order chi connectivity index (χ1) is 12.1. The minimum absolute atomic E-state index is 0.0216. The number of ether oxygens (including phenoxy) is 1. The summed E-state index contributed by atoms with van der Waals surface area (Å²) >= 11 is 0. The molecule has 5 nitrogen and oxygen atoms in total. The first kappa shape index (κ1) is 18.5. The summed E-state index contributed by atoms with van der Waals surface area (Å²) in [6, 6.07) is 16.1. The first-order valence-corrected chi connectivity index (χ1v) is 8.51. The monoisotopic (exact) mass is 340 g/mol. The van der Waals surface area contributed by atoms with Gasteiger partial charge >= 0.3 is 0 Å². The fraction of sp³-hybridized carbons (Fsp3) is 0.300. The highest BCUT2D eigenvalue weighted by Crippen LogP contribution is 2.16. The van der Waals surface area contributed by atoms with E-state index in [-0.39, 0.29) is 24.5 Å². The van der Waals surface area contributed by atoms with Crippen molar-refractivity contribution in [1.29, 1.82) is 0 Å². The Kier molecular flexibility index (Phi) is 7.01. The van der Waals surface area contributed by atoms with Crippen molar-refractivity contribution in [3.05, 3.63) is 60.2 Å². The lowest BCUT2D eigenvalue weighted by atomic mass is 10.2. The molecule has 0 radical (unpaired) electrons. The van der Waals surface area contributed by atoms with Gasteiger partial charge in [-0.25, -0.2) is 0 Å². The summed E-state index contributed by atoms with van der Waals surface area (Å²) in [5.41, 5.74) is 1.27. The lowest BCUT2D eigenvalue weighted by Crippen LogP contribution is -2.37. The smallest absolute Gasteiger partial charge is 0.258 e. The number of hydrogen-bond acceptors (Lipinski definition) is 3. The van der Waals surface area contributed by atoms with E-state index in [1.54, 1.807) is 36.4 Å². The molecule has 0 unspecified atom stereocenters. The molecule has 2 aromatic rings. The fourth-order valence-corrected chi connectivity index (χ4v) is 2.34. The molecule has 2 aromatic carbocycles. The predicted molar refractivity (Wildman–Crippen MR) is 98.8 cm³/mol. The molecule has 2 amide bonds. The second-order valence-electron chi connectivity index (χ2n) is 5.71. The van der Waals surface area contributed by atoms with Gasteiger partial charge in [-0.05, 0) is 49.2 Å². The zero-order chi connectivity index (χ0) is 18.1. The molecule has 0 aromatic heterocycles. The lowest BCUT2D eigenvalue weighted by Gasteiger charge is -2.15. The number of amides is 2. The second kappa shape index (κ2) is 9.47. The molecular weight excluding hydrogens is 316 g/mol. The zero-order valence-corrected chi connectivity index (χ0v) is 14.6. The van der Waals surface area contributed by atoms with Gasteiger partial charge in [-0.2, -0.15) is 0 Å². The highest BCUT2D eigenvalue weighted by atomic mass is 16.5. The normalized spacial score (nSPS) is 10.4. The van der Waals surface area contributed by atoms with Crippen LogP contribution in [0.4, 0.5) is 5.69 Å². The third-order valence-electron chi connectivity index (χ3n) is 3.87. The maximum Gasteiger partial charge on any atom is 0.258 e. The largest absolute Gasteiger partial charge is 0.484 e. The Labute approximate surface area is 148 Å². The molecule has 2 rings (SSSR count). The third-order valence-corrected chi connectivity index (χ3v) is 3.87. The quantitative estimate of drug-likeness (QED) is 0.771. The molecule has 0 bridgehead atoms. The Morgan fingerprint density at radius 3 is 2.20 bits per heavy atom. The molecule has 0 spiro atoms. The topological polar surface area (TPSA) is 67.4 Å². The van der Waals surface area contributed by atoms with E-state index in [0.29, 0.717) is 17.0 Å². The average molecular weight is 340 g/mol. The van der Waals surface area contributed by atoms with Crippen molar-refractivity contribution in [2.45, 2.75) is 32.7 Å². The highest BCUT2D eigenvalue weighted by molar-refractivity contribution is 6.04. The van der Waals surface area contributed by atoms with Crippen molar-refractivity contribution in [1.82, 2.24) is 5.32 Å². The van der Waals surface area contributed by atoms with Gasteiger partial charge < -0.3 is 15.4 Å². The van der Waals surface area contributed by atoms with Crippen molar-refractivity contribution >= 4 is 17.5 Å². The van der Waals surface area contributed by atoms with Crippen LogP contribution in [0.3, 0.4) is 0 Å². The molecule has 0 aliphatic heterocycles. The Balaban J connectivity index is 1.83. The molecule has 0 saturated carbocycles. The van der Waals surface area contributed by atoms with E-state index in [1.807, 2.05) is 32.0 Å². The van der Waals surface area contributed by atoms with Gasteiger partial charge in [-0.15, -0.1) is 0 Å². The molecule has 0 aliphatic rings. The molecular formula is C20H24N2O3. The molecule has 25 heavy (non-hydrogen) atoms. The SMILES string of the molecule is CCC(CC)NC(=O)COc1ccc(NC(=O)c2ccccc2)cc1. The molecule has 0 heterocycles. The van der Waals surface area contributed by atoms with Crippen molar-refractivity contribution < 1.29 is 14.3 Å². The molecule has 0 atom stereocenters. The number of benzene rings is 2. The van der Waals surface area contributed by atoms with Gasteiger partial charge in [0.05, 0.1) is 0 Å². The van der Waals surface area contributed by atoms with E-state index >= 15 is 0 Å². The van der Waals surface area contributed by atoms with Crippen LogP contribution in [0.15, 0.2) is 54.6 Å². The number of nitrogens with one attached hydrogen (secondary N) is 2. The molecule has 0 aliphatic carbocycles. The van der Waals surface area contributed by atoms with Crippen LogP contribution in [0, 0.1) is 0 Å². The van der Waals surface area contributed by atoms with Crippen LogP contribution in [0.2, 0.25) is 0 Å². The van der Waals surface area contributed by atoms with Gasteiger partial charge in [0.15, 0.2) is 6.61 Å². The van der Waals surface area contributed by atoms with Crippen molar-refractivity contribution in [2.24, 2.45) is 0 Å². The summed E-state index contributed by atoms with van der Waals surface area (Å²) in [6.45, 7) is 4.06. The van der Waals surface area contributed by atoms with Crippen LogP contribution in [0.5, 0.6) is 5.75 Å². The number of carbonyl (C=O) groups is 2. The van der Waals surface area contributed by atoms with Gasteiger partial charge in [0.1, 0.15) is 5.75 Å². The second-order valence-corrected chi connectivity index (χ2v) is 5.71. The average Bonchev–Trinajstić information content (AvgIpc) is 2.66. The summed E-state index contributed by atoms with van der Waals surface area (Å²) in [7, 11) is 0. The van der Waals surface area contributed by atoms with Gasteiger partial charge in [-0.3, -0.25) is 9.59 Å². The number of anilines is 1. The van der Waals surface area contributed by atoms with Crippen LogP contribution >= 0.6 is 0 Å². The standard InChI is InChI=1S/C20H24N2O3/c1-3-16(4-2)21-19(23)14-25-18-12-10-17(11-13-18)22-20(24)15-8-6-5-7-9-15/h5-13,16H,3-4,14H2,1-2H3,(H,21,23)(H,22,24). The van der Waals surface area contributed by atoms with Crippen molar-refractivity contribution in [3.8, 4) is 5.75 Å². The Bertz CT molecular complexity index is 680. The maximum absolute atomic E-state index is 12.1. The van der Waals surface area contributed by atoms with Crippen molar-refractivity contribution in [2.75, 3.05) is 11.9 Å². The molecule has 5 heteroatoms. The van der Waals surface area contributed by atoms with Crippen molar-refractivity contribution in [3.63, 3.8) is 0 Å². The van der Waals surface area contributed by atoms with E-state index in [1.165, 1.54) is 0 Å². The van der Waals surface area contributed by atoms with E-state index in [0.717, 1.165) is 12.8 Å². The Hall–Kier alpha value is -2.82. The zero-order valence-electron chi connectivity index (χ0n) is 14.6. The summed E-state index contributed by atoms with van der Waals surface area (Å²) < 4.78 is 5.48. The minimum Gasteiger partial charge on any atom is -0.484 e. The Morgan fingerprint density at radius 1 is 0.960 bits per heavy atom. The molecule has 0 fully saturated rings. The molecule has 132 valence electrons. The van der Waals surface area contributed by atoms with E-state index in [2.05, 4.69) is 10.6 Å². The maximum atomic E-state index is 12.1. The predicted octanol–water partition coefficient (Wildman–Crippen LogP) is 3.62. The number of rotatable bonds is 8. The Morgan fingerprint density at radius 2 is 1.60 bits per heavy atom. The van der Waals surface area contributed by atoms with Gasteiger partial charge in [0.25, 0.3) is 11.8 Å². The van der Waals surface area contributed by atoms with Crippen LogP contribution in [-0.4, -0.2) is 24.5 Å². The number of hydrogen-bond donors (Lipinski definition) is 2. The summed E-state index contributed by atoms with van der Waals surface area (Å²) in [6.07, 6.45) is 1.80. The summed E-state index contributed by atoms with van der Waals surface area (Å²) in [5.74, 6) is 0.284. The van der Waals surface area contributed by atoms with E-state index in [4.69, 9.17) is 4.74 Å². The first-order valence-electron chi connectivity index (χ1n) is 8.51.